The fraction of sp³-hybridized carbons (Fsp3) is 0.167. The van der Waals surface area contributed by atoms with Crippen LogP contribution in [0.4, 0.5) is 5.69 Å². The molecule has 0 aliphatic carbocycles. The van der Waals surface area contributed by atoms with Crippen LogP contribution >= 0.6 is 0 Å². The lowest BCUT2D eigenvalue weighted by Gasteiger charge is -2.32. The van der Waals surface area contributed by atoms with Crippen LogP contribution in [-0.2, 0) is 9.31 Å². The minimum absolute atomic E-state index is 0.0244. The molecule has 7 aromatic rings. The second-order valence-corrected chi connectivity index (χ2v) is 11.4. The van der Waals surface area contributed by atoms with Gasteiger partial charge in [-0.3, -0.25) is 10.1 Å². The number of aromatic nitrogens is 2. The van der Waals surface area contributed by atoms with E-state index in [-0.39, 0.29) is 43.7 Å². The molecule has 0 bridgehead atoms. The average Bonchev–Trinajstić information content (AvgIpc) is 3.80. The summed E-state index contributed by atoms with van der Waals surface area (Å²) in [6.07, 6.45) is 0. The third-order valence-corrected chi connectivity index (χ3v) is 8.38. The Morgan fingerprint density at radius 3 is 1.70 bits per heavy atom. The van der Waals surface area contributed by atoms with Crippen molar-refractivity contribution < 1.29 is 34.8 Å². The Labute approximate surface area is 275 Å². The highest BCUT2D eigenvalue weighted by atomic mass is 16.7. The molecule has 8 heteroatoms. The first-order valence-electron chi connectivity index (χ1n) is 21.1. The van der Waals surface area contributed by atoms with Gasteiger partial charge in [0.25, 0.3) is 5.69 Å². The molecule has 7 nitrogen and oxygen atoms in total. The van der Waals surface area contributed by atoms with Gasteiger partial charge >= 0.3 is 7.12 Å². The monoisotopic (exact) mass is 594 g/mol. The molecular formula is C36H30BN3O4. The van der Waals surface area contributed by atoms with Crippen molar-refractivity contribution in [2.45, 2.75) is 38.9 Å². The van der Waals surface area contributed by atoms with Crippen LogP contribution in [0.5, 0.6) is 0 Å². The van der Waals surface area contributed by atoms with E-state index < -0.39 is 136 Å². The first kappa shape index (κ1) is 15.2. The Kier molecular flexibility index (Phi) is 3.21. The second kappa shape index (κ2) is 9.29. The molecule has 44 heavy (non-hydrogen) atoms. The quantitative estimate of drug-likeness (QED) is 0.117. The van der Waals surface area contributed by atoms with Crippen molar-refractivity contribution in [3.8, 4) is 11.4 Å². The largest absolute Gasteiger partial charge is 0.501 e. The summed E-state index contributed by atoms with van der Waals surface area (Å²) in [6.45, 7) is 7.07. The zero-order chi connectivity index (χ0) is 43.4. The van der Waals surface area contributed by atoms with Crippen molar-refractivity contribution in [2.24, 2.45) is 0 Å². The maximum Gasteiger partial charge on any atom is 0.501 e. The molecule has 216 valence electrons. The smallest absolute Gasteiger partial charge is 0.399 e. The fourth-order valence-corrected chi connectivity index (χ4v) is 5.52. The highest BCUT2D eigenvalue weighted by Gasteiger charge is 2.53. The van der Waals surface area contributed by atoms with Crippen molar-refractivity contribution in [1.82, 2.24) is 9.13 Å². The van der Waals surface area contributed by atoms with E-state index in [4.69, 9.17) is 25.8 Å². The Balaban J connectivity index is 1.57. The molecule has 0 atom stereocenters. The van der Waals surface area contributed by atoms with Crippen LogP contribution in [-0.4, -0.2) is 32.4 Å². The number of benzene rings is 5. The SMILES string of the molecule is [2H]c1c([2H])c([2H])c2c(c1[2H])c1c([2H])c(-n3c4c([2H])c([2H])c([2H])c([2H])c4c4c([2H])c([2H])c([2H])c([2H])c43)c([2H])c([2H])c1n2-c1ccc(B2OC(C)(C)C(C)(C)O2)c([N+](=O)[O-])c1. The van der Waals surface area contributed by atoms with E-state index in [1.165, 1.54) is 12.1 Å². The highest BCUT2D eigenvalue weighted by molar-refractivity contribution is 6.63. The maximum atomic E-state index is 12.7. The molecular weight excluding hydrogens is 549 g/mol. The Hall–Kier alpha value is -4.92. The number of nitro benzene ring substituents is 1. The van der Waals surface area contributed by atoms with Crippen LogP contribution in [0.15, 0.2) is 109 Å². The van der Waals surface area contributed by atoms with Gasteiger partial charge in [-0.2, -0.15) is 0 Å². The molecule has 0 unspecified atom stereocenters. The number of nitro groups is 1. The lowest BCUT2D eigenvalue weighted by molar-refractivity contribution is -0.383. The third kappa shape index (κ3) is 3.78. The summed E-state index contributed by atoms with van der Waals surface area (Å²) in [5, 5.41) is 11.3. The predicted octanol–water partition coefficient (Wildman–Crippen LogP) is 8.09. The van der Waals surface area contributed by atoms with Gasteiger partial charge in [0.2, 0.25) is 0 Å². The standard InChI is InChI=1S/C36H30BN3O4/c1-35(2)36(3,4)44-37(43-35)29-19-17-24(22-34(29)40(41)42)39-32-16-10-7-13-27(32)28-21-23(18-20-33(28)39)38-30-14-8-5-11-25(30)26-12-6-9-15-31(26)38/h5-22H,1-4H3/i5D,6D,7D,8D,9D,10D,11D,12D,13D,14D,15D,16D,18D,20D,21D. The van der Waals surface area contributed by atoms with E-state index in [9.17, 15) is 14.2 Å². The lowest BCUT2D eigenvalue weighted by Crippen LogP contribution is -2.41. The molecule has 0 amide bonds. The summed E-state index contributed by atoms with van der Waals surface area (Å²) >= 11 is 0. The van der Waals surface area contributed by atoms with Gasteiger partial charge in [-0.05, 0) is 70.0 Å². The number of para-hydroxylation sites is 3. The Bertz CT molecular complexity index is 3030. The minimum Gasteiger partial charge on any atom is -0.399 e. The van der Waals surface area contributed by atoms with Gasteiger partial charge in [0, 0.05) is 33.3 Å². The van der Waals surface area contributed by atoms with Crippen molar-refractivity contribution in [3.63, 3.8) is 0 Å². The summed E-state index contributed by atoms with van der Waals surface area (Å²) in [7, 11) is -1.19. The molecule has 1 fully saturated rings. The van der Waals surface area contributed by atoms with E-state index in [2.05, 4.69) is 0 Å². The van der Waals surface area contributed by atoms with Crippen LogP contribution in [0.3, 0.4) is 0 Å². The van der Waals surface area contributed by atoms with Crippen molar-refractivity contribution in [3.05, 3.63) is 119 Å². The van der Waals surface area contributed by atoms with Crippen LogP contribution in [0.1, 0.15) is 48.3 Å². The molecule has 3 heterocycles. The number of rotatable bonds is 4. The van der Waals surface area contributed by atoms with E-state index in [0.29, 0.717) is 0 Å². The van der Waals surface area contributed by atoms with Gasteiger partial charge in [0.1, 0.15) is 0 Å². The topological polar surface area (TPSA) is 71.5 Å². The maximum absolute atomic E-state index is 12.7. The Morgan fingerprint density at radius 1 is 0.682 bits per heavy atom. The van der Waals surface area contributed by atoms with Crippen molar-refractivity contribution in [1.29, 1.82) is 0 Å². The first-order chi connectivity index (χ1) is 27.4. The van der Waals surface area contributed by atoms with E-state index >= 15 is 0 Å². The number of hydrogen-bond donors (Lipinski definition) is 0. The average molecular weight is 595 g/mol. The predicted molar refractivity (Wildman–Crippen MR) is 177 cm³/mol. The molecule has 1 saturated heterocycles. The molecule has 0 radical (unpaired) electrons. The summed E-state index contributed by atoms with van der Waals surface area (Å²) in [4.78, 5) is 12.0. The highest BCUT2D eigenvalue weighted by Crippen LogP contribution is 2.39. The molecule has 8 rings (SSSR count). The molecule has 2 aromatic heterocycles. The van der Waals surface area contributed by atoms with E-state index in [1.807, 2.05) is 0 Å². The Morgan fingerprint density at radius 2 is 1.16 bits per heavy atom. The molecule has 0 spiro atoms. The summed E-state index contributed by atoms with van der Waals surface area (Å²) < 4.78 is 147. The first-order valence-corrected chi connectivity index (χ1v) is 13.6. The molecule has 1 aliphatic rings. The molecule has 0 saturated carbocycles. The summed E-state index contributed by atoms with van der Waals surface area (Å²) in [5.41, 5.74) is -4.42. The van der Waals surface area contributed by atoms with E-state index in [1.54, 1.807) is 27.7 Å². The normalized spacial score (nSPS) is 20.8. The second-order valence-electron chi connectivity index (χ2n) is 11.4. The summed E-state index contributed by atoms with van der Waals surface area (Å²) in [5.74, 6) is 0. The fourth-order valence-electron chi connectivity index (χ4n) is 5.52. The van der Waals surface area contributed by atoms with Crippen LogP contribution < -0.4 is 5.46 Å². The summed E-state index contributed by atoms with van der Waals surface area (Å²) in [6, 6.07) is -6.93. The zero-order valence-corrected chi connectivity index (χ0v) is 23.8. The van der Waals surface area contributed by atoms with Crippen LogP contribution in [0.25, 0.3) is 55.0 Å². The van der Waals surface area contributed by atoms with Gasteiger partial charge in [-0.1, -0.05) is 60.4 Å². The van der Waals surface area contributed by atoms with Crippen molar-refractivity contribution >= 4 is 61.9 Å². The van der Waals surface area contributed by atoms with Crippen molar-refractivity contribution in [2.75, 3.05) is 0 Å². The van der Waals surface area contributed by atoms with E-state index in [0.717, 1.165) is 15.2 Å². The van der Waals surface area contributed by atoms with Gasteiger partial charge in [-0.15, -0.1) is 0 Å². The zero-order valence-electron chi connectivity index (χ0n) is 38.8. The van der Waals surface area contributed by atoms with Gasteiger partial charge in [0.15, 0.2) is 0 Å². The molecule has 5 aromatic carbocycles. The number of fused-ring (bicyclic) bond motifs is 6. The molecule has 1 aliphatic heterocycles. The van der Waals surface area contributed by atoms with Gasteiger partial charge in [-0.25, -0.2) is 0 Å². The van der Waals surface area contributed by atoms with Gasteiger partial charge in [0.05, 0.1) is 69.9 Å². The lowest BCUT2D eigenvalue weighted by atomic mass is 9.77. The molecule has 0 N–H and O–H groups in total. The number of hydrogen-bond acceptors (Lipinski definition) is 4. The number of nitrogens with zero attached hydrogens (tertiary/aromatic N) is 3. The van der Waals surface area contributed by atoms with Crippen LogP contribution in [0.2, 0.25) is 0 Å². The minimum atomic E-state index is -1.19. The van der Waals surface area contributed by atoms with Crippen LogP contribution in [0, 0.1) is 10.1 Å². The van der Waals surface area contributed by atoms with Gasteiger partial charge < -0.3 is 18.4 Å². The third-order valence-electron chi connectivity index (χ3n) is 8.38.